The zero-order valence-corrected chi connectivity index (χ0v) is 15.9. The third kappa shape index (κ3) is 1.76. The van der Waals surface area contributed by atoms with Crippen LogP contribution in [0.1, 0.15) is 73.6 Å². The second-order valence-corrected chi connectivity index (χ2v) is 13.7. The zero-order valence-electron chi connectivity index (χ0n) is 14.9. The fraction of sp³-hybridized carbons (Fsp3) is 0.944. The highest BCUT2D eigenvalue weighted by Gasteiger charge is 2.75. The van der Waals surface area contributed by atoms with Gasteiger partial charge < -0.3 is 0 Å². The lowest BCUT2D eigenvalue weighted by molar-refractivity contribution is -0.135. The van der Waals surface area contributed by atoms with Gasteiger partial charge in [0.15, 0.2) is 0 Å². The fourth-order valence-electron chi connectivity index (χ4n) is 6.35. The maximum Gasteiger partial charge on any atom is 0.433 e. The van der Waals surface area contributed by atoms with Gasteiger partial charge in [-0.15, -0.1) is 0 Å². The molecule has 0 aromatic heterocycles. The van der Waals surface area contributed by atoms with Crippen molar-refractivity contribution >= 4 is 14.5 Å². The molecule has 0 amide bonds. The minimum absolute atomic E-state index is 0.0463. The maximum atomic E-state index is 15.1. The van der Waals surface area contributed by atoms with Crippen LogP contribution >= 0.6 is 0 Å². The average Bonchev–Trinajstić information content (AvgIpc) is 2.88. The van der Waals surface area contributed by atoms with Gasteiger partial charge >= 0.3 is 8.74 Å². The first kappa shape index (κ1) is 16.6. The number of ketones is 1. The summed E-state index contributed by atoms with van der Waals surface area (Å²) in [7, 11) is -4.36. The molecule has 3 aliphatic carbocycles. The molecule has 0 bridgehead atoms. The SMILES string of the molecule is CC1(C)C[C@]2(C)CC[C@H]3CC([Si](F)(F)C(C)(C)C)C[C@]32C1=O. The molecule has 0 radical (unpaired) electrons. The van der Waals surface area contributed by atoms with Gasteiger partial charge in [0.05, 0.1) is 0 Å². The number of carbonyl (C=O) groups is 1. The number of halogens is 2. The summed E-state index contributed by atoms with van der Waals surface area (Å²) in [5, 5.41) is -0.902. The first-order valence-electron chi connectivity index (χ1n) is 8.71. The van der Waals surface area contributed by atoms with Crippen LogP contribution in [0.3, 0.4) is 0 Å². The highest BCUT2D eigenvalue weighted by Crippen LogP contribution is 2.76. The normalized spacial score (nSPS) is 44.3. The van der Waals surface area contributed by atoms with Crippen molar-refractivity contribution < 1.29 is 13.0 Å². The summed E-state index contributed by atoms with van der Waals surface area (Å²) in [5.41, 5.74) is -1.32. The average molecular weight is 329 g/mol. The molecule has 0 aliphatic heterocycles. The second kappa shape index (κ2) is 4.23. The molecule has 0 N–H and O–H groups in total. The predicted octanol–water partition coefficient (Wildman–Crippen LogP) is 5.73. The number of hydrogen-bond donors (Lipinski definition) is 0. The van der Waals surface area contributed by atoms with E-state index in [1.165, 1.54) is 0 Å². The lowest BCUT2D eigenvalue weighted by Gasteiger charge is -2.38. The zero-order chi connectivity index (χ0) is 16.8. The van der Waals surface area contributed by atoms with Crippen molar-refractivity contribution in [3.05, 3.63) is 0 Å². The molecule has 1 spiro atoms. The molecule has 4 atom stereocenters. The van der Waals surface area contributed by atoms with Crippen molar-refractivity contribution in [2.24, 2.45) is 22.2 Å². The van der Waals surface area contributed by atoms with Crippen molar-refractivity contribution in [2.75, 3.05) is 0 Å². The quantitative estimate of drug-likeness (QED) is 0.443. The predicted molar refractivity (Wildman–Crippen MR) is 87.3 cm³/mol. The Bertz CT molecular complexity index is 522. The van der Waals surface area contributed by atoms with Crippen molar-refractivity contribution in [3.8, 4) is 0 Å². The van der Waals surface area contributed by atoms with Gasteiger partial charge in [-0.25, -0.2) is 0 Å². The van der Waals surface area contributed by atoms with Crippen molar-refractivity contribution in [1.82, 2.24) is 0 Å². The van der Waals surface area contributed by atoms with E-state index in [0.717, 1.165) is 19.3 Å². The fourth-order valence-corrected chi connectivity index (χ4v) is 8.73. The van der Waals surface area contributed by atoms with Gasteiger partial charge in [-0.3, -0.25) is 13.0 Å². The topological polar surface area (TPSA) is 17.1 Å². The second-order valence-electron chi connectivity index (χ2n) is 10.2. The van der Waals surface area contributed by atoms with E-state index in [-0.39, 0.29) is 16.7 Å². The minimum atomic E-state index is -4.36. The summed E-state index contributed by atoms with van der Waals surface area (Å²) >= 11 is 0. The van der Waals surface area contributed by atoms with E-state index >= 15 is 8.22 Å². The Morgan fingerprint density at radius 3 is 2.32 bits per heavy atom. The monoisotopic (exact) mass is 328 g/mol. The first-order valence-corrected chi connectivity index (χ1v) is 10.5. The molecule has 0 saturated heterocycles. The summed E-state index contributed by atoms with van der Waals surface area (Å²) in [6.45, 7) is 11.3. The van der Waals surface area contributed by atoms with Gasteiger partial charge in [-0.2, -0.15) is 0 Å². The Morgan fingerprint density at radius 1 is 1.18 bits per heavy atom. The van der Waals surface area contributed by atoms with E-state index in [1.807, 2.05) is 13.8 Å². The number of carbonyl (C=O) groups excluding carboxylic acids is 1. The van der Waals surface area contributed by atoms with Crippen molar-refractivity contribution in [2.45, 2.75) is 84.2 Å². The molecule has 126 valence electrons. The molecule has 22 heavy (non-hydrogen) atoms. The molecule has 1 nitrogen and oxygen atoms in total. The molecular formula is C18H30F2OSi. The Balaban J connectivity index is 2.01. The summed E-state index contributed by atoms with van der Waals surface area (Å²) in [5.74, 6) is 0.503. The lowest BCUT2D eigenvalue weighted by Crippen LogP contribution is -2.42. The number of hydrogen-bond acceptors (Lipinski definition) is 1. The highest BCUT2D eigenvalue weighted by molar-refractivity contribution is 6.70. The van der Waals surface area contributed by atoms with E-state index in [0.29, 0.717) is 18.6 Å². The van der Waals surface area contributed by atoms with Crippen LogP contribution in [0, 0.1) is 22.2 Å². The van der Waals surface area contributed by atoms with Gasteiger partial charge in [0.1, 0.15) is 5.78 Å². The van der Waals surface area contributed by atoms with Gasteiger partial charge in [0, 0.05) is 21.4 Å². The summed E-state index contributed by atoms with van der Waals surface area (Å²) in [6, 6.07) is 0. The lowest BCUT2D eigenvalue weighted by atomic mass is 9.66. The molecule has 3 rings (SSSR count). The van der Waals surface area contributed by atoms with Crippen molar-refractivity contribution in [1.29, 1.82) is 0 Å². The van der Waals surface area contributed by atoms with E-state index in [4.69, 9.17) is 0 Å². The molecule has 3 saturated carbocycles. The first-order chi connectivity index (χ1) is 9.78. The van der Waals surface area contributed by atoms with Gasteiger partial charge in [-0.1, -0.05) is 41.5 Å². The molecule has 3 fully saturated rings. The van der Waals surface area contributed by atoms with Gasteiger partial charge in [0.2, 0.25) is 0 Å². The van der Waals surface area contributed by atoms with Crippen molar-refractivity contribution in [3.63, 3.8) is 0 Å². The van der Waals surface area contributed by atoms with E-state index in [9.17, 15) is 4.79 Å². The largest absolute Gasteiger partial charge is 0.433 e. The Kier molecular flexibility index (Phi) is 3.19. The summed E-state index contributed by atoms with van der Waals surface area (Å²) in [6.07, 6.45) is 3.96. The maximum absolute atomic E-state index is 15.1. The molecule has 0 heterocycles. The van der Waals surface area contributed by atoms with Crippen LogP contribution in [0.5, 0.6) is 0 Å². The molecule has 4 heteroatoms. The van der Waals surface area contributed by atoms with E-state index in [2.05, 4.69) is 6.92 Å². The Labute approximate surface area is 134 Å². The molecular weight excluding hydrogens is 298 g/mol. The van der Waals surface area contributed by atoms with Crippen LogP contribution < -0.4 is 0 Å². The standard InChI is InChI=1S/C18H30F2OSi/c1-15(2,3)22(19,20)13-9-12-7-8-17(6)11-16(4,5)14(21)18(12,17)10-13/h12-13H,7-11H2,1-6H3/t12-,13?,17-,18+/m0/s1. The van der Waals surface area contributed by atoms with Crippen LogP contribution in [0.2, 0.25) is 10.6 Å². The third-order valence-electron chi connectivity index (χ3n) is 7.32. The van der Waals surface area contributed by atoms with E-state index < -0.39 is 24.7 Å². The smallest absolute Gasteiger partial charge is 0.298 e. The van der Waals surface area contributed by atoms with Gasteiger partial charge in [-0.05, 0) is 43.4 Å². The van der Waals surface area contributed by atoms with Crippen LogP contribution in [0.4, 0.5) is 8.22 Å². The van der Waals surface area contributed by atoms with Crippen LogP contribution in [-0.4, -0.2) is 14.5 Å². The summed E-state index contributed by atoms with van der Waals surface area (Å²) < 4.78 is 30.1. The molecule has 0 aromatic carbocycles. The summed E-state index contributed by atoms with van der Waals surface area (Å²) in [4.78, 5) is 13.2. The van der Waals surface area contributed by atoms with Crippen LogP contribution in [0.15, 0.2) is 0 Å². The Hall–Kier alpha value is -0.253. The molecule has 1 unspecified atom stereocenters. The van der Waals surface area contributed by atoms with Crippen LogP contribution in [0.25, 0.3) is 0 Å². The van der Waals surface area contributed by atoms with Gasteiger partial charge in [0.25, 0.3) is 0 Å². The molecule has 0 aromatic rings. The number of Topliss-reactive ketones (excluding diaryl/α,β-unsaturated/α-hetero) is 1. The minimum Gasteiger partial charge on any atom is -0.298 e. The third-order valence-corrected chi connectivity index (χ3v) is 10.8. The van der Waals surface area contributed by atoms with Crippen LogP contribution in [-0.2, 0) is 4.79 Å². The Morgan fingerprint density at radius 2 is 1.77 bits per heavy atom. The highest BCUT2D eigenvalue weighted by atomic mass is 28.4. The molecule has 3 aliphatic rings. The number of rotatable bonds is 1. The van der Waals surface area contributed by atoms with E-state index in [1.54, 1.807) is 20.8 Å².